The van der Waals surface area contributed by atoms with Crippen LogP contribution in [0.2, 0.25) is 0 Å². The molecule has 1 amide bonds. The molecular formula is C10H18N2O. The van der Waals surface area contributed by atoms with E-state index in [0.29, 0.717) is 6.42 Å². The van der Waals surface area contributed by atoms with Crippen LogP contribution in [-0.2, 0) is 4.79 Å². The highest BCUT2D eigenvalue weighted by atomic mass is 16.2. The van der Waals surface area contributed by atoms with E-state index >= 15 is 0 Å². The molecule has 1 aliphatic heterocycles. The Balaban J connectivity index is 2.71. The first-order valence-electron chi connectivity index (χ1n) is 5.05. The quantitative estimate of drug-likeness (QED) is 0.609. The summed E-state index contributed by atoms with van der Waals surface area (Å²) in [6.45, 7) is 2.76. The van der Waals surface area contributed by atoms with Gasteiger partial charge in [0.05, 0.1) is 0 Å². The van der Waals surface area contributed by atoms with E-state index in [9.17, 15) is 4.79 Å². The first-order valence-corrected chi connectivity index (χ1v) is 5.05. The van der Waals surface area contributed by atoms with Gasteiger partial charge in [0.2, 0.25) is 5.91 Å². The Morgan fingerprint density at radius 2 is 2.23 bits per heavy atom. The molecule has 1 rings (SSSR count). The van der Waals surface area contributed by atoms with Crippen molar-refractivity contribution in [3.8, 4) is 0 Å². The summed E-state index contributed by atoms with van der Waals surface area (Å²) in [5.41, 5.74) is 0. The second kappa shape index (κ2) is 5.00. The van der Waals surface area contributed by atoms with Crippen molar-refractivity contribution < 1.29 is 4.79 Å². The van der Waals surface area contributed by atoms with Gasteiger partial charge in [0.15, 0.2) is 0 Å². The van der Waals surface area contributed by atoms with Crippen molar-refractivity contribution in [3.05, 3.63) is 0 Å². The molecule has 0 aliphatic carbocycles. The van der Waals surface area contributed by atoms with Gasteiger partial charge in [-0.05, 0) is 12.8 Å². The molecule has 0 aromatic carbocycles. The third-order valence-electron chi connectivity index (χ3n) is 2.46. The molecule has 1 aliphatic rings. The van der Waals surface area contributed by atoms with Crippen LogP contribution < -0.4 is 0 Å². The second-order valence-corrected chi connectivity index (χ2v) is 3.35. The molecule has 1 saturated heterocycles. The lowest BCUT2D eigenvalue weighted by Crippen LogP contribution is -2.36. The molecule has 74 valence electrons. The average molecular weight is 182 g/mol. The molecule has 0 aromatic heterocycles. The monoisotopic (exact) mass is 182 g/mol. The highest BCUT2D eigenvalue weighted by Crippen LogP contribution is 2.13. The van der Waals surface area contributed by atoms with Gasteiger partial charge in [-0.1, -0.05) is 13.3 Å². The Bertz CT molecular complexity index is 211. The van der Waals surface area contributed by atoms with Gasteiger partial charge >= 0.3 is 0 Å². The predicted octanol–water partition coefficient (Wildman–Crippen LogP) is 1.83. The van der Waals surface area contributed by atoms with Gasteiger partial charge in [-0.15, -0.1) is 0 Å². The highest BCUT2D eigenvalue weighted by Gasteiger charge is 2.18. The summed E-state index contributed by atoms with van der Waals surface area (Å²) in [6.07, 6.45) is 5.04. The van der Waals surface area contributed by atoms with Crippen LogP contribution in [0.25, 0.3) is 0 Å². The fourth-order valence-corrected chi connectivity index (χ4v) is 1.69. The van der Waals surface area contributed by atoms with Crippen LogP contribution >= 0.6 is 0 Å². The Morgan fingerprint density at radius 1 is 1.46 bits per heavy atom. The minimum absolute atomic E-state index is 0.211. The fourth-order valence-electron chi connectivity index (χ4n) is 1.69. The first-order chi connectivity index (χ1) is 6.29. The van der Waals surface area contributed by atoms with Crippen molar-refractivity contribution in [2.75, 3.05) is 13.6 Å². The van der Waals surface area contributed by atoms with Crippen LogP contribution in [0.5, 0.6) is 0 Å². The van der Waals surface area contributed by atoms with Gasteiger partial charge < -0.3 is 4.90 Å². The van der Waals surface area contributed by atoms with Crippen LogP contribution in [0, 0.1) is 0 Å². The molecule has 3 heteroatoms. The molecule has 0 spiro atoms. The zero-order valence-electron chi connectivity index (χ0n) is 8.55. The van der Waals surface area contributed by atoms with E-state index in [0.717, 1.165) is 25.2 Å². The molecule has 0 unspecified atom stereocenters. The topological polar surface area (TPSA) is 32.7 Å². The van der Waals surface area contributed by atoms with E-state index in [1.807, 2.05) is 11.8 Å². The SMILES string of the molecule is CCC(=O)N1CCCCC/C1=N/C. The zero-order chi connectivity index (χ0) is 9.68. The van der Waals surface area contributed by atoms with Gasteiger partial charge in [0.1, 0.15) is 5.84 Å². The van der Waals surface area contributed by atoms with Crippen LogP contribution in [-0.4, -0.2) is 30.2 Å². The van der Waals surface area contributed by atoms with E-state index in [-0.39, 0.29) is 5.91 Å². The maximum Gasteiger partial charge on any atom is 0.227 e. The van der Waals surface area contributed by atoms with Crippen molar-refractivity contribution >= 4 is 11.7 Å². The summed E-state index contributed by atoms with van der Waals surface area (Å²) >= 11 is 0. The van der Waals surface area contributed by atoms with Crippen LogP contribution in [0.3, 0.4) is 0 Å². The summed E-state index contributed by atoms with van der Waals surface area (Å²) < 4.78 is 0. The number of nitrogens with zero attached hydrogens (tertiary/aromatic N) is 2. The highest BCUT2D eigenvalue weighted by molar-refractivity contribution is 5.98. The van der Waals surface area contributed by atoms with Crippen LogP contribution in [0.1, 0.15) is 39.0 Å². The molecule has 1 heterocycles. The number of carbonyl (C=O) groups excluding carboxylic acids is 1. The average Bonchev–Trinajstić information content (AvgIpc) is 2.41. The summed E-state index contributed by atoms with van der Waals surface area (Å²) in [5, 5.41) is 0. The maximum atomic E-state index is 11.5. The smallest absolute Gasteiger partial charge is 0.227 e. The van der Waals surface area contributed by atoms with E-state index in [1.165, 1.54) is 12.8 Å². The van der Waals surface area contributed by atoms with Gasteiger partial charge in [-0.2, -0.15) is 0 Å². The Hall–Kier alpha value is -0.860. The molecule has 1 fully saturated rings. The lowest BCUT2D eigenvalue weighted by atomic mass is 10.2. The summed E-state index contributed by atoms with van der Waals surface area (Å²) in [7, 11) is 1.77. The van der Waals surface area contributed by atoms with Crippen LogP contribution in [0.15, 0.2) is 4.99 Å². The van der Waals surface area contributed by atoms with Crippen LogP contribution in [0.4, 0.5) is 0 Å². The molecule has 0 aromatic rings. The minimum atomic E-state index is 0.211. The normalized spacial score (nSPS) is 21.7. The molecule has 3 nitrogen and oxygen atoms in total. The van der Waals surface area contributed by atoms with Gasteiger partial charge in [0, 0.05) is 26.4 Å². The molecular weight excluding hydrogens is 164 g/mol. The van der Waals surface area contributed by atoms with Crippen molar-refractivity contribution in [1.29, 1.82) is 0 Å². The Kier molecular flexibility index (Phi) is 3.93. The number of hydrogen-bond donors (Lipinski definition) is 0. The number of aliphatic imine (C=N–C) groups is 1. The number of hydrogen-bond acceptors (Lipinski definition) is 2. The third kappa shape index (κ3) is 2.54. The van der Waals surface area contributed by atoms with Gasteiger partial charge in [-0.3, -0.25) is 9.79 Å². The van der Waals surface area contributed by atoms with E-state index in [1.54, 1.807) is 7.05 Å². The standard InChI is InChI=1S/C10H18N2O/c1-3-10(13)12-8-6-4-5-7-9(12)11-2/h3-8H2,1-2H3/b11-9-. The first kappa shape index (κ1) is 10.2. The van der Waals surface area contributed by atoms with E-state index in [2.05, 4.69) is 4.99 Å². The summed E-state index contributed by atoms with van der Waals surface area (Å²) in [4.78, 5) is 17.6. The number of amidine groups is 1. The molecule has 0 atom stereocenters. The summed E-state index contributed by atoms with van der Waals surface area (Å²) in [6, 6.07) is 0. The Morgan fingerprint density at radius 3 is 2.85 bits per heavy atom. The molecule has 0 N–H and O–H groups in total. The molecule has 0 radical (unpaired) electrons. The number of amides is 1. The van der Waals surface area contributed by atoms with Gasteiger partial charge in [-0.25, -0.2) is 0 Å². The predicted molar refractivity (Wildman–Crippen MR) is 53.8 cm³/mol. The van der Waals surface area contributed by atoms with E-state index in [4.69, 9.17) is 0 Å². The van der Waals surface area contributed by atoms with E-state index < -0.39 is 0 Å². The molecule has 0 saturated carbocycles. The fraction of sp³-hybridized carbons (Fsp3) is 0.800. The van der Waals surface area contributed by atoms with Crippen molar-refractivity contribution in [2.24, 2.45) is 4.99 Å². The number of carbonyl (C=O) groups is 1. The van der Waals surface area contributed by atoms with Crippen molar-refractivity contribution in [3.63, 3.8) is 0 Å². The second-order valence-electron chi connectivity index (χ2n) is 3.35. The largest absolute Gasteiger partial charge is 0.301 e. The lowest BCUT2D eigenvalue weighted by molar-refractivity contribution is -0.127. The van der Waals surface area contributed by atoms with Gasteiger partial charge in [0.25, 0.3) is 0 Å². The number of rotatable bonds is 1. The lowest BCUT2D eigenvalue weighted by Gasteiger charge is -2.20. The summed E-state index contributed by atoms with van der Waals surface area (Å²) in [5.74, 6) is 1.19. The van der Waals surface area contributed by atoms with Crippen molar-refractivity contribution in [2.45, 2.75) is 39.0 Å². The maximum absolute atomic E-state index is 11.5. The third-order valence-corrected chi connectivity index (χ3v) is 2.46. The number of likely N-dealkylation sites (tertiary alicyclic amines) is 1. The zero-order valence-corrected chi connectivity index (χ0v) is 8.55. The molecule has 13 heavy (non-hydrogen) atoms. The molecule has 0 bridgehead atoms. The minimum Gasteiger partial charge on any atom is -0.301 e. The Labute approximate surface area is 79.8 Å². The van der Waals surface area contributed by atoms with Crippen molar-refractivity contribution in [1.82, 2.24) is 4.90 Å².